The van der Waals surface area contributed by atoms with Gasteiger partial charge in [-0.3, -0.25) is 0 Å². The molecule has 3 N–H and O–H groups in total. The minimum Gasteiger partial charge on any atom is -0.396 e. The third-order valence-electron chi connectivity index (χ3n) is 2.99. The fourth-order valence-corrected chi connectivity index (χ4v) is 1.97. The van der Waals surface area contributed by atoms with Crippen molar-refractivity contribution >= 4 is 28.6 Å². The maximum Gasteiger partial charge on any atom is 0.226 e. The van der Waals surface area contributed by atoms with Crippen molar-refractivity contribution in [2.75, 3.05) is 23.8 Å². The van der Waals surface area contributed by atoms with Crippen LogP contribution in [0.25, 0.3) is 11.2 Å². The molecular weight excluding hydrogens is 280 g/mol. The highest BCUT2D eigenvalue weighted by atomic mass is 16.3. The predicted octanol–water partition coefficient (Wildman–Crippen LogP) is 1.96. The van der Waals surface area contributed by atoms with Crippen molar-refractivity contribution in [2.24, 2.45) is 0 Å². The Labute approximate surface area is 127 Å². The summed E-state index contributed by atoms with van der Waals surface area (Å²) >= 11 is 0. The van der Waals surface area contributed by atoms with Gasteiger partial charge in [0.2, 0.25) is 5.95 Å². The minimum absolute atomic E-state index is 0.121. The summed E-state index contributed by atoms with van der Waals surface area (Å²) in [5.74, 6) is 1.05. The number of aromatic nitrogens is 4. The quantitative estimate of drug-likeness (QED) is 0.598. The molecule has 0 amide bonds. The number of nitrogens with zero attached hydrogens (tertiary/aromatic N) is 4. The fourth-order valence-electron chi connectivity index (χ4n) is 1.97. The molecular formula is C15H16N6O. The highest BCUT2D eigenvalue weighted by Crippen LogP contribution is 2.22. The van der Waals surface area contributed by atoms with E-state index in [2.05, 4.69) is 30.6 Å². The van der Waals surface area contributed by atoms with Crippen LogP contribution in [0.2, 0.25) is 0 Å². The molecule has 7 heteroatoms. The van der Waals surface area contributed by atoms with Crippen LogP contribution in [0.3, 0.4) is 0 Å². The van der Waals surface area contributed by atoms with E-state index in [1.54, 1.807) is 12.4 Å². The normalized spacial score (nSPS) is 10.6. The molecule has 0 radical (unpaired) electrons. The molecule has 2 aromatic heterocycles. The number of hydrogen-bond acceptors (Lipinski definition) is 7. The molecule has 0 spiro atoms. The molecule has 22 heavy (non-hydrogen) atoms. The first kappa shape index (κ1) is 14.2. The van der Waals surface area contributed by atoms with E-state index in [-0.39, 0.29) is 6.61 Å². The van der Waals surface area contributed by atoms with Crippen LogP contribution in [0.5, 0.6) is 0 Å². The number of aliphatic hydroxyl groups excluding tert-OH is 1. The summed E-state index contributed by atoms with van der Waals surface area (Å²) in [5.41, 5.74) is 2.04. The zero-order valence-electron chi connectivity index (χ0n) is 11.9. The van der Waals surface area contributed by atoms with Gasteiger partial charge in [-0.05, 0) is 18.6 Å². The van der Waals surface area contributed by atoms with Crippen LogP contribution in [0.1, 0.15) is 6.42 Å². The summed E-state index contributed by atoms with van der Waals surface area (Å²) in [6, 6.07) is 9.73. The molecule has 3 aromatic rings. The van der Waals surface area contributed by atoms with Crippen LogP contribution in [0, 0.1) is 0 Å². The van der Waals surface area contributed by atoms with Gasteiger partial charge in [0.25, 0.3) is 0 Å². The van der Waals surface area contributed by atoms with Gasteiger partial charge in [-0.1, -0.05) is 18.2 Å². The second kappa shape index (κ2) is 6.77. The van der Waals surface area contributed by atoms with Gasteiger partial charge in [0.05, 0.1) is 0 Å². The Kier molecular flexibility index (Phi) is 4.35. The van der Waals surface area contributed by atoms with Crippen LogP contribution in [-0.4, -0.2) is 38.2 Å². The van der Waals surface area contributed by atoms with Gasteiger partial charge in [0, 0.05) is 31.2 Å². The van der Waals surface area contributed by atoms with Crippen molar-refractivity contribution in [1.29, 1.82) is 0 Å². The number of benzene rings is 1. The zero-order valence-corrected chi connectivity index (χ0v) is 11.9. The zero-order chi connectivity index (χ0) is 15.2. The van der Waals surface area contributed by atoms with E-state index in [4.69, 9.17) is 5.11 Å². The molecule has 1 aromatic carbocycles. The number of hydrogen-bond donors (Lipinski definition) is 3. The first-order valence-electron chi connectivity index (χ1n) is 7.02. The molecule has 2 heterocycles. The van der Waals surface area contributed by atoms with Crippen molar-refractivity contribution in [2.45, 2.75) is 6.42 Å². The average molecular weight is 296 g/mol. The first-order valence-corrected chi connectivity index (χ1v) is 7.02. The Morgan fingerprint density at radius 2 is 1.82 bits per heavy atom. The monoisotopic (exact) mass is 296 g/mol. The van der Waals surface area contributed by atoms with Crippen LogP contribution in [-0.2, 0) is 0 Å². The largest absolute Gasteiger partial charge is 0.396 e. The van der Waals surface area contributed by atoms with Gasteiger partial charge in [-0.2, -0.15) is 9.97 Å². The highest BCUT2D eigenvalue weighted by molar-refractivity contribution is 5.85. The van der Waals surface area contributed by atoms with Crippen molar-refractivity contribution in [3.05, 3.63) is 42.7 Å². The number of aliphatic hydroxyl groups is 1. The number of nitrogens with one attached hydrogen (secondary N) is 2. The summed E-state index contributed by atoms with van der Waals surface area (Å²) in [6.45, 7) is 0.711. The van der Waals surface area contributed by atoms with Crippen molar-refractivity contribution in [1.82, 2.24) is 19.9 Å². The van der Waals surface area contributed by atoms with Gasteiger partial charge in [0.15, 0.2) is 17.0 Å². The molecule has 3 rings (SSSR count). The van der Waals surface area contributed by atoms with E-state index in [0.717, 1.165) is 5.69 Å². The molecule has 0 bridgehead atoms. The van der Waals surface area contributed by atoms with E-state index in [1.807, 2.05) is 30.3 Å². The smallest absolute Gasteiger partial charge is 0.226 e. The van der Waals surface area contributed by atoms with Gasteiger partial charge in [-0.25, -0.2) is 9.97 Å². The molecule has 0 aliphatic carbocycles. The molecule has 0 aliphatic rings. The fraction of sp³-hybridized carbons (Fsp3) is 0.200. The maximum atomic E-state index is 8.85. The second-order valence-corrected chi connectivity index (χ2v) is 4.62. The molecule has 0 fully saturated rings. The molecule has 0 saturated heterocycles. The van der Waals surface area contributed by atoms with E-state index in [1.165, 1.54) is 0 Å². The third-order valence-corrected chi connectivity index (χ3v) is 2.99. The Hall–Kier alpha value is -2.80. The van der Waals surface area contributed by atoms with E-state index >= 15 is 0 Å². The van der Waals surface area contributed by atoms with Crippen molar-refractivity contribution in [3.8, 4) is 0 Å². The van der Waals surface area contributed by atoms with Crippen LogP contribution in [0.4, 0.5) is 17.5 Å². The van der Waals surface area contributed by atoms with Gasteiger partial charge in [0.1, 0.15) is 0 Å². The molecule has 7 nitrogen and oxygen atoms in total. The molecule has 0 unspecified atom stereocenters. The van der Waals surface area contributed by atoms with E-state index < -0.39 is 0 Å². The lowest BCUT2D eigenvalue weighted by Gasteiger charge is -2.10. The SMILES string of the molecule is OCCCNc1nc(Nc2ccccc2)c2nccnc2n1. The lowest BCUT2D eigenvalue weighted by molar-refractivity contribution is 0.292. The van der Waals surface area contributed by atoms with Gasteiger partial charge < -0.3 is 15.7 Å². The van der Waals surface area contributed by atoms with Crippen molar-refractivity contribution in [3.63, 3.8) is 0 Å². The third kappa shape index (κ3) is 3.26. The van der Waals surface area contributed by atoms with Crippen LogP contribution in [0.15, 0.2) is 42.7 Å². The van der Waals surface area contributed by atoms with Crippen molar-refractivity contribution < 1.29 is 5.11 Å². The Morgan fingerprint density at radius 3 is 2.64 bits per heavy atom. The number of anilines is 3. The second-order valence-electron chi connectivity index (χ2n) is 4.62. The summed E-state index contributed by atoms with van der Waals surface area (Å²) in [4.78, 5) is 17.3. The highest BCUT2D eigenvalue weighted by Gasteiger charge is 2.09. The van der Waals surface area contributed by atoms with Crippen LogP contribution < -0.4 is 10.6 Å². The van der Waals surface area contributed by atoms with E-state index in [9.17, 15) is 0 Å². The Bertz CT molecular complexity index is 749. The lowest BCUT2D eigenvalue weighted by atomic mass is 10.3. The Balaban J connectivity index is 1.95. The van der Waals surface area contributed by atoms with Crippen LogP contribution >= 0.6 is 0 Å². The molecule has 0 aliphatic heterocycles. The maximum absolute atomic E-state index is 8.85. The number of rotatable bonds is 6. The number of fused-ring (bicyclic) bond motifs is 1. The minimum atomic E-state index is 0.121. The first-order chi connectivity index (χ1) is 10.9. The van der Waals surface area contributed by atoms with E-state index in [0.29, 0.717) is 35.9 Å². The topological polar surface area (TPSA) is 95.8 Å². The molecule has 0 atom stereocenters. The molecule has 0 saturated carbocycles. The average Bonchev–Trinajstić information content (AvgIpc) is 2.56. The van der Waals surface area contributed by atoms with Gasteiger partial charge in [-0.15, -0.1) is 0 Å². The Morgan fingerprint density at radius 1 is 1.00 bits per heavy atom. The summed E-state index contributed by atoms with van der Waals surface area (Å²) in [6.07, 6.45) is 3.84. The number of para-hydroxylation sites is 1. The standard InChI is InChI=1S/C15H16N6O/c22-10-4-7-18-15-20-13-12(16-8-9-17-13)14(21-15)19-11-5-2-1-3-6-11/h1-3,5-6,8-9,22H,4,7,10H2,(H2,17,18,19,20,21). The molecule has 112 valence electrons. The summed E-state index contributed by atoms with van der Waals surface area (Å²) in [5, 5.41) is 15.2. The summed E-state index contributed by atoms with van der Waals surface area (Å²) in [7, 11) is 0. The lowest BCUT2D eigenvalue weighted by Crippen LogP contribution is -2.09. The summed E-state index contributed by atoms with van der Waals surface area (Å²) < 4.78 is 0. The van der Waals surface area contributed by atoms with Gasteiger partial charge >= 0.3 is 0 Å². The predicted molar refractivity (Wildman–Crippen MR) is 85.0 cm³/mol.